The molecule has 0 fully saturated rings. The molecule has 0 unspecified atom stereocenters. The van der Waals surface area contributed by atoms with Crippen LogP contribution in [0.5, 0.6) is 0 Å². The molecule has 1 amide bonds. The number of anilines is 1. The van der Waals surface area contributed by atoms with Gasteiger partial charge in [0.15, 0.2) is 5.78 Å². The topological polar surface area (TPSA) is 89.3 Å². The predicted molar refractivity (Wildman–Crippen MR) is 109 cm³/mol. The van der Waals surface area contributed by atoms with Crippen LogP contribution in [0.3, 0.4) is 0 Å². The Morgan fingerprint density at radius 3 is 2.11 bits per heavy atom. The van der Waals surface area contributed by atoms with E-state index in [4.69, 9.17) is 0 Å². The molecule has 0 heterocycles. The second kappa shape index (κ2) is 8.96. The number of Topliss-reactive ketones (excluding diaryl/α,β-unsaturated/α-hetero) is 1. The number of ketones is 1. The molecule has 0 aromatic heterocycles. The summed E-state index contributed by atoms with van der Waals surface area (Å²) in [5.41, 5.74) is 1.55. The van der Waals surface area contributed by atoms with Crippen LogP contribution in [-0.4, -0.2) is 22.4 Å². The number of thioether (sulfide) groups is 1. The highest BCUT2D eigenvalue weighted by molar-refractivity contribution is 8.00. The van der Waals surface area contributed by atoms with Crippen molar-refractivity contribution in [2.45, 2.75) is 4.90 Å². The molecule has 0 bridgehead atoms. The smallest absolute Gasteiger partial charge is 0.269 e. The molecular formula is C21H16N2O4S. The summed E-state index contributed by atoms with van der Waals surface area (Å²) >= 11 is 1.43. The molecule has 7 heteroatoms. The number of hydrogen-bond donors (Lipinski definition) is 1. The third kappa shape index (κ3) is 5.05. The molecule has 6 nitrogen and oxygen atoms in total. The molecule has 0 spiro atoms. The molecule has 3 aromatic rings. The fourth-order valence-corrected chi connectivity index (χ4v) is 3.22. The van der Waals surface area contributed by atoms with E-state index in [-0.39, 0.29) is 17.4 Å². The van der Waals surface area contributed by atoms with Gasteiger partial charge in [-0.15, -0.1) is 11.8 Å². The first-order valence-electron chi connectivity index (χ1n) is 8.40. The van der Waals surface area contributed by atoms with Gasteiger partial charge in [-0.05, 0) is 36.4 Å². The van der Waals surface area contributed by atoms with E-state index in [2.05, 4.69) is 5.32 Å². The van der Waals surface area contributed by atoms with Crippen LogP contribution in [0.1, 0.15) is 20.7 Å². The summed E-state index contributed by atoms with van der Waals surface area (Å²) in [7, 11) is 0. The van der Waals surface area contributed by atoms with Crippen LogP contribution >= 0.6 is 11.8 Å². The molecule has 0 saturated heterocycles. The quantitative estimate of drug-likeness (QED) is 0.269. The summed E-state index contributed by atoms with van der Waals surface area (Å²) in [5.74, 6) is 0.0362. The minimum atomic E-state index is -0.513. The Labute approximate surface area is 165 Å². The minimum Gasteiger partial charge on any atom is -0.322 e. The second-order valence-corrected chi connectivity index (χ2v) is 6.91. The van der Waals surface area contributed by atoms with Crippen LogP contribution in [0, 0.1) is 10.1 Å². The van der Waals surface area contributed by atoms with Crippen LogP contribution in [-0.2, 0) is 0 Å². The Hall–Kier alpha value is -3.45. The van der Waals surface area contributed by atoms with Crippen molar-refractivity contribution in [1.82, 2.24) is 0 Å². The van der Waals surface area contributed by atoms with Crippen LogP contribution < -0.4 is 5.32 Å². The number of benzene rings is 3. The first-order valence-corrected chi connectivity index (χ1v) is 9.38. The Morgan fingerprint density at radius 1 is 0.857 bits per heavy atom. The number of nitro benzene ring substituents is 1. The molecule has 0 radical (unpaired) electrons. The highest BCUT2D eigenvalue weighted by Crippen LogP contribution is 2.22. The normalized spacial score (nSPS) is 10.3. The number of nitro groups is 1. The van der Waals surface area contributed by atoms with Crippen LogP contribution in [0.15, 0.2) is 83.8 Å². The predicted octanol–water partition coefficient (Wildman–Crippen LogP) is 4.82. The van der Waals surface area contributed by atoms with Gasteiger partial charge < -0.3 is 5.32 Å². The van der Waals surface area contributed by atoms with Crippen molar-refractivity contribution in [2.24, 2.45) is 0 Å². The van der Waals surface area contributed by atoms with Gasteiger partial charge >= 0.3 is 0 Å². The zero-order chi connectivity index (χ0) is 19.9. The number of carbonyl (C=O) groups excluding carboxylic acids is 2. The molecule has 0 atom stereocenters. The average molecular weight is 392 g/mol. The SMILES string of the molecule is O=C(CSc1ccc(NC(=O)c2ccc([N+](=O)[O-])cc2)cc1)c1ccccc1. The Balaban J connectivity index is 1.56. The fraction of sp³-hybridized carbons (Fsp3) is 0.0476. The zero-order valence-electron chi connectivity index (χ0n) is 14.7. The summed E-state index contributed by atoms with van der Waals surface area (Å²) in [6.07, 6.45) is 0. The lowest BCUT2D eigenvalue weighted by Crippen LogP contribution is -2.11. The Morgan fingerprint density at radius 2 is 1.50 bits per heavy atom. The fourth-order valence-electron chi connectivity index (χ4n) is 2.43. The van der Waals surface area contributed by atoms with Crippen molar-refractivity contribution >= 4 is 34.8 Å². The number of nitrogens with one attached hydrogen (secondary N) is 1. The maximum atomic E-state index is 12.2. The molecule has 1 N–H and O–H groups in total. The van der Waals surface area contributed by atoms with E-state index >= 15 is 0 Å². The first-order chi connectivity index (χ1) is 13.5. The second-order valence-electron chi connectivity index (χ2n) is 5.86. The molecule has 0 saturated carbocycles. The lowest BCUT2D eigenvalue weighted by molar-refractivity contribution is -0.384. The van der Waals surface area contributed by atoms with E-state index in [1.807, 2.05) is 30.3 Å². The van der Waals surface area contributed by atoms with E-state index in [1.165, 1.54) is 36.0 Å². The highest BCUT2D eigenvalue weighted by Gasteiger charge is 2.10. The summed E-state index contributed by atoms with van der Waals surface area (Å²) in [6.45, 7) is 0. The van der Waals surface area contributed by atoms with Gasteiger partial charge in [0, 0.05) is 33.8 Å². The zero-order valence-corrected chi connectivity index (χ0v) is 15.5. The van der Waals surface area contributed by atoms with Crippen molar-refractivity contribution in [2.75, 3.05) is 11.1 Å². The number of amides is 1. The van der Waals surface area contributed by atoms with E-state index in [0.29, 0.717) is 22.6 Å². The van der Waals surface area contributed by atoms with Crippen LogP contribution in [0.25, 0.3) is 0 Å². The molecule has 3 rings (SSSR count). The molecular weight excluding hydrogens is 376 g/mol. The Kier molecular flexibility index (Phi) is 6.18. The lowest BCUT2D eigenvalue weighted by atomic mass is 10.2. The maximum Gasteiger partial charge on any atom is 0.269 e. The Bertz CT molecular complexity index is 987. The number of nitrogens with zero attached hydrogens (tertiary/aromatic N) is 1. The van der Waals surface area contributed by atoms with Crippen molar-refractivity contribution in [1.29, 1.82) is 0 Å². The van der Waals surface area contributed by atoms with Gasteiger partial charge in [-0.25, -0.2) is 0 Å². The highest BCUT2D eigenvalue weighted by atomic mass is 32.2. The molecule has 0 aliphatic rings. The van der Waals surface area contributed by atoms with Gasteiger partial charge in [-0.3, -0.25) is 19.7 Å². The molecule has 28 heavy (non-hydrogen) atoms. The van der Waals surface area contributed by atoms with Gasteiger partial charge in [-0.2, -0.15) is 0 Å². The number of carbonyl (C=O) groups is 2. The van der Waals surface area contributed by atoms with Crippen molar-refractivity contribution in [3.8, 4) is 0 Å². The monoisotopic (exact) mass is 392 g/mol. The van der Waals surface area contributed by atoms with Crippen molar-refractivity contribution < 1.29 is 14.5 Å². The van der Waals surface area contributed by atoms with Gasteiger partial charge in [0.2, 0.25) is 0 Å². The van der Waals surface area contributed by atoms with E-state index < -0.39 is 4.92 Å². The summed E-state index contributed by atoms with van der Waals surface area (Å²) in [4.78, 5) is 35.4. The first kappa shape index (κ1) is 19.3. The maximum absolute atomic E-state index is 12.2. The third-order valence-corrected chi connectivity index (χ3v) is 4.93. The lowest BCUT2D eigenvalue weighted by Gasteiger charge is -2.07. The van der Waals surface area contributed by atoms with Crippen molar-refractivity contribution in [3.63, 3.8) is 0 Å². The van der Waals surface area contributed by atoms with E-state index in [9.17, 15) is 19.7 Å². The minimum absolute atomic E-state index is 0.0566. The largest absolute Gasteiger partial charge is 0.322 e. The van der Waals surface area contributed by atoms with Crippen LogP contribution in [0.2, 0.25) is 0 Å². The number of hydrogen-bond acceptors (Lipinski definition) is 5. The van der Waals surface area contributed by atoms with Crippen molar-refractivity contribution in [3.05, 3.63) is 100 Å². The van der Waals surface area contributed by atoms with E-state index in [0.717, 1.165) is 4.90 Å². The number of rotatable bonds is 7. The van der Waals surface area contributed by atoms with E-state index in [1.54, 1.807) is 24.3 Å². The van der Waals surface area contributed by atoms with Gasteiger partial charge in [0.1, 0.15) is 0 Å². The molecule has 0 aliphatic heterocycles. The standard InChI is InChI=1S/C21H16N2O4S/c24-20(15-4-2-1-3-5-15)14-28-19-12-8-17(9-13-19)22-21(25)16-6-10-18(11-7-16)23(26)27/h1-13H,14H2,(H,22,25). The summed E-state index contributed by atoms with van der Waals surface area (Å²) in [5, 5.41) is 13.4. The summed E-state index contributed by atoms with van der Waals surface area (Å²) in [6, 6.07) is 21.7. The number of non-ortho nitro benzene ring substituents is 1. The molecule has 0 aliphatic carbocycles. The third-order valence-electron chi connectivity index (χ3n) is 3.92. The summed E-state index contributed by atoms with van der Waals surface area (Å²) < 4.78 is 0. The molecule has 140 valence electrons. The average Bonchev–Trinajstić information content (AvgIpc) is 2.73. The van der Waals surface area contributed by atoms with Gasteiger partial charge in [-0.1, -0.05) is 30.3 Å². The van der Waals surface area contributed by atoms with Gasteiger partial charge in [0.05, 0.1) is 10.7 Å². The molecule has 3 aromatic carbocycles. The van der Waals surface area contributed by atoms with Crippen LogP contribution in [0.4, 0.5) is 11.4 Å². The van der Waals surface area contributed by atoms with Gasteiger partial charge in [0.25, 0.3) is 11.6 Å².